The van der Waals surface area contributed by atoms with Gasteiger partial charge in [-0.3, -0.25) is 4.79 Å². The van der Waals surface area contributed by atoms with Crippen molar-refractivity contribution >= 4 is 17.7 Å². The van der Waals surface area contributed by atoms with Crippen molar-refractivity contribution in [3.63, 3.8) is 0 Å². The van der Waals surface area contributed by atoms with E-state index in [1.165, 1.54) is 14.2 Å². The molecule has 0 saturated heterocycles. The zero-order valence-electron chi connectivity index (χ0n) is 18.7. The van der Waals surface area contributed by atoms with Crippen LogP contribution in [0.5, 0.6) is 0 Å². The Morgan fingerprint density at radius 2 is 1.52 bits per heavy atom. The summed E-state index contributed by atoms with van der Waals surface area (Å²) >= 11 is 0. The number of ether oxygens (including phenoxy) is 2. The molecule has 2 aromatic carbocycles. The van der Waals surface area contributed by atoms with E-state index in [2.05, 4.69) is 0 Å². The van der Waals surface area contributed by atoms with Crippen LogP contribution in [0.2, 0.25) is 0 Å². The van der Waals surface area contributed by atoms with Crippen LogP contribution in [0, 0.1) is 23.7 Å². The van der Waals surface area contributed by atoms with Gasteiger partial charge in [-0.1, -0.05) is 54.6 Å². The van der Waals surface area contributed by atoms with Crippen molar-refractivity contribution < 1.29 is 23.9 Å². The molecule has 2 fully saturated rings. The number of ketones is 1. The third-order valence-electron chi connectivity index (χ3n) is 8.75. The number of methoxy groups -OCH3 is 2. The number of benzene rings is 2. The first kappa shape index (κ1) is 20.4. The minimum Gasteiger partial charge on any atom is -0.466 e. The van der Waals surface area contributed by atoms with E-state index in [1.807, 2.05) is 42.5 Å². The number of esters is 2. The van der Waals surface area contributed by atoms with Crippen molar-refractivity contribution in [3.05, 3.63) is 82.4 Å². The lowest BCUT2D eigenvalue weighted by Crippen LogP contribution is -2.60. The van der Waals surface area contributed by atoms with Gasteiger partial charge in [-0.05, 0) is 54.1 Å². The smallest absolute Gasteiger partial charge is 0.335 e. The van der Waals surface area contributed by atoms with E-state index in [1.54, 1.807) is 12.1 Å². The Hall–Kier alpha value is -3.21. The summed E-state index contributed by atoms with van der Waals surface area (Å²) in [6, 6.07) is 17.0. The fraction of sp³-hybridized carbons (Fsp3) is 0.393. The van der Waals surface area contributed by atoms with Gasteiger partial charge in [0, 0.05) is 11.5 Å². The largest absolute Gasteiger partial charge is 0.466 e. The zero-order valence-corrected chi connectivity index (χ0v) is 18.7. The van der Waals surface area contributed by atoms with E-state index >= 15 is 0 Å². The summed E-state index contributed by atoms with van der Waals surface area (Å²) < 4.78 is 10.5. The van der Waals surface area contributed by atoms with Crippen LogP contribution in [0.4, 0.5) is 0 Å². The monoisotopic (exact) mass is 442 g/mol. The highest BCUT2D eigenvalue weighted by Crippen LogP contribution is 2.72. The van der Waals surface area contributed by atoms with Crippen molar-refractivity contribution in [2.24, 2.45) is 23.7 Å². The summed E-state index contributed by atoms with van der Waals surface area (Å²) in [5.41, 5.74) is 1.63. The third kappa shape index (κ3) is 2.40. The Labute approximate surface area is 192 Å². The molecule has 0 spiro atoms. The van der Waals surface area contributed by atoms with Gasteiger partial charge in [0.15, 0.2) is 5.78 Å². The minimum absolute atomic E-state index is 0.0358. The quantitative estimate of drug-likeness (QED) is 0.524. The van der Waals surface area contributed by atoms with Crippen molar-refractivity contribution in [3.8, 4) is 0 Å². The molecule has 0 radical (unpaired) electrons. The third-order valence-corrected chi connectivity index (χ3v) is 8.75. The van der Waals surface area contributed by atoms with Gasteiger partial charge in [-0.2, -0.15) is 0 Å². The average Bonchev–Trinajstić information content (AvgIpc) is 3.50. The highest BCUT2D eigenvalue weighted by molar-refractivity contribution is 6.17. The fourth-order valence-corrected chi connectivity index (χ4v) is 7.91. The molecule has 5 aliphatic rings. The fourth-order valence-electron chi connectivity index (χ4n) is 7.91. The number of fused-ring (bicyclic) bond motifs is 2. The molecule has 6 unspecified atom stereocenters. The van der Waals surface area contributed by atoms with Gasteiger partial charge < -0.3 is 9.47 Å². The van der Waals surface area contributed by atoms with Crippen LogP contribution in [0.25, 0.3) is 0 Å². The van der Waals surface area contributed by atoms with Gasteiger partial charge in [0.05, 0.1) is 30.8 Å². The maximum Gasteiger partial charge on any atom is 0.335 e. The SMILES string of the molecule is COC(=O)C1=C(C(=O)OC)C2(C(=O)c3ccccc3)c3ccccc3C1C1C3CCC(C3)C12. The van der Waals surface area contributed by atoms with Gasteiger partial charge in [0.25, 0.3) is 0 Å². The lowest BCUT2D eigenvalue weighted by atomic mass is 9.42. The summed E-state index contributed by atoms with van der Waals surface area (Å²) in [5.74, 6) is -0.670. The Bertz CT molecular complexity index is 1210. The molecule has 0 aromatic heterocycles. The van der Waals surface area contributed by atoms with Crippen LogP contribution in [0.1, 0.15) is 46.7 Å². The summed E-state index contributed by atoms with van der Waals surface area (Å²) in [4.78, 5) is 41.4. The van der Waals surface area contributed by atoms with E-state index in [4.69, 9.17) is 9.47 Å². The topological polar surface area (TPSA) is 69.7 Å². The molecule has 5 heteroatoms. The first-order chi connectivity index (χ1) is 16.1. The molecule has 0 heterocycles. The number of carbonyl (C=O) groups is 3. The number of Topliss-reactive ketones (excluding diaryl/α,β-unsaturated/α-hetero) is 1. The van der Waals surface area contributed by atoms with E-state index in [9.17, 15) is 14.4 Å². The molecule has 4 bridgehead atoms. The standard InChI is InChI=1S/C28H26O5/c1-32-26(30)22-21-18-10-6-7-11-19(18)28(24(22)27(31)33-2,25(29)15-8-4-3-5-9-15)23-17-13-12-16(14-17)20(21)23/h3-11,16-17,20-21,23H,12-14H2,1-2H3. The second-order valence-corrected chi connectivity index (χ2v) is 9.78. The zero-order chi connectivity index (χ0) is 22.9. The maximum absolute atomic E-state index is 14.7. The predicted molar refractivity (Wildman–Crippen MR) is 121 cm³/mol. The molecule has 33 heavy (non-hydrogen) atoms. The van der Waals surface area contributed by atoms with Crippen LogP contribution in [0.3, 0.4) is 0 Å². The van der Waals surface area contributed by atoms with E-state index in [0.717, 1.165) is 30.4 Å². The molecule has 2 saturated carbocycles. The molecule has 7 rings (SSSR count). The summed E-state index contributed by atoms with van der Waals surface area (Å²) in [6.45, 7) is 0. The van der Waals surface area contributed by atoms with Crippen LogP contribution in [-0.4, -0.2) is 31.9 Å². The molecule has 2 aromatic rings. The Balaban J connectivity index is 1.76. The van der Waals surface area contributed by atoms with Crippen LogP contribution in [0.15, 0.2) is 65.7 Å². The van der Waals surface area contributed by atoms with Crippen molar-refractivity contribution in [1.29, 1.82) is 0 Å². The Kier molecular flexibility index (Phi) is 4.42. The Morgan fingerprint density at radius 3 is 2.24 bits per heavy atom. The second-order valence-electron chi connectivity index (χ2n) is 9.78. The normalized spacial score (nSPS) is 32.8. The van der Waals surface area contributed by atoms with Crippen molar-refractivity contribution in [2.45, 2.75) is 30.6 Å². The first-order valence-electron chi connectivity index (χ1n) is 11.7. The van der Waals surface area contributed by atoms with E-state index in [-0.39, 0.29) is 29.1 Å². The molecule has 5 nitrogen and oxygen atoms in total. The molecule has 0 aliphatic heterocycles. The lowest BCUT2D eigenvalue weighted by molar-refractivity contribution is -0.141. The summed E-state index contributed by atoms with van der Waals surface area (Å²) in [5, 5.41) is 0. The Morgan fingerprint density at radius 1 is 0.848 bits per heavy atom. The van der Waals surface area contributed by atoms with Gasteiger partial charge in [-0.25, -0.2) is 9.59 Å². The average molecular weight is 443 g/mol. The maximum atomic E-state index is 14.7. The van der Waals surface area contributed by atoms with Crippen LogP contribution < -0.4 is 0 Å². The number of carbonyl (C=O) groups excluding carboxylic acids is 3. The van der Waals surface area contributed by atoms with Crippen LogP contribution in [-0.2, 0) is 24.5 Å². The molecule has 0 N–H and O–H groups in total. The minimum atomic E-state index is -1.26. The molecule has 0 amide bonds. The van der Waals surface area contributed by atoms with E-state index in [0.29, 0.717) is 23.0 Å². The summed E-state index contributed by atoms with van der Waals surface area (Å²) in [6.07, 6.45) is 3.18. The number of hydrogen-bond acceptors (Lipinski definition) is 5. The number of hydrogen-bond donors (Lipinski definition) is 0. The van der Waals surface area contributed by atoms with Gasteiger partial charge in [0.1, 0.15) is 0 Å². The number of rotatable bonds is 4. The predicted octanol–water partition coefficient (Wildman–Crippen LogP) is 4.22. The summed E-state index contributed by atoms with van der Waals surface area (Å²) in [7, 11) is 2.65. The van der Waals surface area contributed by atoms with Gasteiger partial charge in [-0.15, -0.1) is 0 Å². The molecule has 168 valence electrons. The molecule has 5 aliphatic carbocycles. The highest BCUT2D eigenvalue weighted by atomic mass is 16.5. The second kappa shape index (κ2) is 7.14. The lowest BCUT2D eigenvalue weighted by Gasteiger charge is -2.58. The van der Waals surface area contributed by atoms with Crippen molar-refractivity contribution in [2.75, 3.05) is 14.2 Å². The van der Waals surface area contributed by atoms with Crippen molar-refractivity contribution in [1.82, 2.24) is 0 Å². The van der Waals surface area contributed by atoms with Gasteiger partial charge in [0.2, 0.25) is 0 Å². The van der Waals surface area contributed by atoms with Gasteiger partial charge >= 0.3 is 11.9 Å². The molecule has 6 atom stereocenters. The molecular weight excluding hydrogens is 416 g/mol. The van der Waals surface area contributed by atoms with E-state index < -0.39 is 17.4 Å². The molecular formula is C28H26O5. The highest BCUT2D eigenvalue weighted by Gasteiger charge is 2.72. The first-order valence-corrected chi connectivity index (χ1v) is 11.7. The van der Waals surface area contributed by atoms with Crippen LogP contribution >= 0.6 is 0 Å².